The molecule has 6 heteroatoms. The average molecular weight is 473 g/mol. The van der Waals surface area contributed by atoms with Crippen molar-refractivity contribution in [3.8, 4) is 0 Å². The molecule has 0 aliphatic rings. The molecule has 2 atom stereocenters. The summed E-state index contributed by atoms with van der Waals surface area (Å²) in [5.41, 5.74) is 0. The van der Waals surface area contributed by atoms with E-state index >= 15 is 0 Å². The molecule has 0 saturated heterocycles. The minimum absolute atomic E-state index is 0. The van der Waals surface area contributed by atoms with Crippen molar-refractivity contribution in [1.29, 1.82) is 0 Å². The van der Waals surface area contributed by atoms with Gasteiger partial charge in [0.15, 0.2) is 0 Å². The molecule has 0 heterocycles. The molecule has 4 nitrogen and oxygen atoms in total. The van der Waals surface area contributed by atoms with Crippen molar-refractivity contribution in [1.82, 2.24) is 0 Å². The largest absolute Gasteiger partial charge is 1.00 e. The van der Waals surface area contributed by atoms with E-state index in [2.05, 4.69) is 6.92 Å². The second-order valence-electron chi connectivity index (χ2n) is 8.85. The molecule has 2 unspecified atom stereocenters. The zero-order valence-electron chi connectivity index (χ0n) is 20.4. The fourth-order valence-electron chi connectivity index (χ4n) is 3.96. The fourth-order valence-corrected chi connectivity index (χ4v) is 4.87. The molecule has 0 fully saturated rings. The predicted molar refractivity (Wildman–Crippen MR) is 123 cm³/mol. The van der Waals surface area contributed by atoms with Crippen LogP contribution in [0.4, 0.5) is 0 Å². The maximum absolute atomic E-state index is 11.5. The topological polar surface area (TPSA) is 77.4 Å². The normalized spacial score (nSPS) is 13.7. The summed E-state index contributed by atoms with van der Waals surface area (Å²) in [6.45, 7) is 4.23. The van der Waals surface area contributed by atoms with Gasteiger partial charge in [-0.2, -0.15) is 0 Å². The number of aliphatic hydroxyl groups is 1. The van der Waals surface area contributed by atoms with Crippen LogP contribution < -0.4 is 51.4 Å². The van der Waals surface area contributed by atoms with Gasteiger partial charge in [0.05, 0.1) is 16.2 Å². The van der Waals surface area contributed by atoms with Crippen molar-refractivity contribution < 1.29 is 69.5 Å². The molecule has 0 aliphatic carbocycles. The van der Waals surface area contributed by atoms with Crippen molar-refractivity contribution in [3.63, 3.8) is 0 Å². The van der Waals surface area contributed by atoms with E-state index in [1.165, 1.54) is 57.8 Å². The Hall–Kier alpha value is 1.51. The van der Waals surface area contributed by atoms with Gasteiger partial charge in [0.1, 0.15) is 0 Å². The van der Waals surface area contributed by atoms with Gasteiger partial charge in [0, 0.05) is 5.25 Å². The maximum atomic E-state index is 11.5. The Labute approximate surface area is 230 Å². The van der Waals surface area contributed by atoms with E-state index in [-0.39, 0.29) is 57.5 Å². The van der Waals surface area contributed by atoms with E-state index in [0.29, 0.717) is 12.8 Å². The molecular formula is C24H49KO4S. The second kappa shape index (κ2) is 23.7. The van der Waals surface area contributed by atoms with Crippen LogP contribution in [0.15, 0.2) is 0 Å². The van der Waals surface area contributed by atoms with Crippen LogP contribution in [0.3, 0.4) is 0 Å². The molecule has 0 saturated carbocycles. The van der Waals surface area contributed by atoms with Gasteiger partial charge in [-0.15, -0.1) is 0 Å². The smallest absolute Gasteiger partial charge is 0.748 e. The molecule has 0 amide bonds. The number of hydrogen-bond donors (Lipinski definition) is 1. The van der Waals surface area contributed by atoms with Gasteiger partial charge in [-0.1, -0.05) is 117 Å². The van der Waals surface area contributed by atoms with Crippen molar-refractivity contribution >= 4 is 10.1 Å². The van der Waals surface area contributed by atoms with Crippen LogP contribution in [0.2, 0.25) is 0 Å². The number of unbranched alkanes of at least 4 members (excludes halogenated alkanes) is 14. The summed E-state index contributed by atoms with van der Waals surface area (Å²) in [5, 5.41) is 8.84. The van der Waals surface area contributed by atoms with E-state index in [1.54, 1.807) is 0 Å². The molecule has 0 radical (unpaired) electrons. The van der Waals surface area contributed by atoms with E-state index in [9.17, 15) is 18.1 Å². The van der Waals surface area contributed by atoms with E-state index < -0.39 is 15.4 Å². The number of rotatable bonds is 22. The van der Waals surface area contributed by atoms with Crippen LogP contribution in [0.1, 0.15) is 142 Å². The molecule has 0 aromatic heterocycles. The summed E-state index contributed by atoms with van der Waals surface area (Å²) in [5.74, 6) is 0. The van der Waals surface area contributed by atoms with Gasteiger partial charge < -0.3 is 9.66 Å². The first-order chi connectivity index (χ1) is 13.9. The Kier molecular flexibility index (Phi) is 26.6. The minimum Gasteiger partial charge on any atom is -0.748 e. The Morgan fingerprint density at radius 1 is 0.633 bits per heavy atom. The first kappa shape index (κ1) is 33.7. The molecule has 0 aromatic carbocycles. The van der Waals surface area contributed by atoms with Crippen LogP contribution in [-0.2, 0) is 10.1 Å². The summed E-state index contributed by atoms with van der Waals surface area (Å²) in [6, 6.07) is 0. The molecule has 0 aliphatic heterocycles. The van der Waals surface area contributed by atoms with E-state index in [4.69, 9.17) is 0 Å². The zero-order chi connectivity index (χ0) is 21.8. The third-order valence-electron chi connectivity index (χ3n) is 6.07. The Morgan fingerprint density at radius 2 is 0.967 bits per heavy atom. The van der Waals surface area contributed by atoms with Crippen LogP contribution in [0, 0.1) is 0 Å². The molecular weight excluding hydrogens is 423 g/mol. The van der Waals surface area contributed by atoms with Crippen LogP contribution >= 0.6 is 0 Å². The Morgan fingerprint density at radius 3 is 1.30 bits per heavy atom. The molecule has 30 heavy (non-hydrogen) atoms. The van der Waals surface area contributed by atoms with Crippen LogP contribution in [0.25, 0.3) is 0 Å². The maximum Gasteiger partial charge on any atom is 1.00 e. The summed E-state index contributed by atoms with van der Waals surface area (Å²) < 4.78 is 34.6. The first-order valence-corrected chi connectivity index (χ1v) is 14.0. The Bertz CT molecular complexity index is 442. The molecule has 0 rings (SSSR count). The van der Waals surface area contributed by atoms with E-state index in [1.807, 2.05) is 6.92 Å². The van der Waals surface area contributed by atoms with Gasteiger partial charge in [-0.05, 0) is 25.7 Å². The van der Waals surface area contributed by atoms with Gasteiger partial charge in [-0.3, -0.25) is 0 Å². The van der Waals surface area contributed by atoms with E-state index in [0.717, 1.165) is 57.8 Å². The van der Waals surface area contributed by atoms with Gasteiger partial charge in [0.2, 0.25) is 0 Å². The standard InChI is InChI=1S/C24H50O4S.K/c1-3-5-6-7-8-12-15-18-21-24(29(26,27)28)22-19-16-13-10-9-11-14-17-20-23(25)4-2;/h23-25H,3-22H2,1-2H3,(H,26,27,28);/q;+1/p-1. The SMILES string of the molecule is CCCCCCCCCCC(CCCCCCCCCCC(O)CC)S(=O)(=O)[O-].[K+]. The van der Waals surface area contributed by atoms with Crippen LogP contribution in [-0.4, -0.2) is 29.4 Å². The third kappa shape index (κ3) is 22.7. The molecule has 0 aromatic rings. The zero-order valence-corrected chi connectivity index (χ0v) is 24.3. The van der Waals surface area contributed by atoms with Crippen molar-refractivity contribution in [2.75, 3.05) is 0 Å². The van der Waals surface area contributed by atoms with Crippen LogP contribution in [0.5, 0.6) is 0 Å². The monoisotopic (exact) mass is 472 g/mol. The van der Waals surface area contributed by atoms with Crippen molar-refractivity contribution in [2.45, 2.75) is 154 Å². The summed E-state index contributed by atoms with van der Waals surface area (Å²) in [7, 11) is -4.16. The molecule has 0 spiro atoms. The van der Waals surface area contributed by atoms with Crippen molar-refractivity contribution in [2.24, 2.45) is 0 Å². The summed E-state index contributed by atoms with van der Waals surface area (Å²) in [6.07, 6.45) is 21.1. The minimum atomic E-state index is -4.16. The number of aliphatic hydroxyl groups excluding tert-OH is 1. The average Bonchev–Trinajstić information content (AvgIpc) is 2.68. The first-order valence-electron chi connectivity index (χ1n) is 12.5. The van der Waals surface area contributed by atoms with Gasteiger partial charge in [-0.25, -0.2) is 8.42 Å². The Balaban J connectivity index is 0. The van der Waals surface area contributed by atoms with Crippen molar-refractivity contribution in [3.05, 3.63) is 0 Å². The third-order valence-corrected chi connectivity index (χ3v) is 7.36. The molecule has 1 N–H and O–H groups in total. The second-order valence-corrected chi connectivity index (χ2v) is 10.5. The summed E-state index contributed by atoms with van der Waals surface area (Å²) in [4.78, 5) is 0. The number of hydrogen-bond acceptors (Lipinski definition) is 4. The summed E-state index contributed by atoms with van der Waals surface area (Å²) >= 11 is 0. The molecule has 0 bridgehead atoms. The van der Waals surface area contributed by atoms with Gasteiger partial charge >= 0.3 is 51.4 Å². The molecule has 176 valence electrons. The van der Waals surface area contributed by atoms with Gasteiger partial charge in [0.25, 0.3) is 0 Å². The predicted octanol–water partition coefficient (Wildman–Crippen LogP) is 4.11. The quantitative estimate of drug-likeness (QED) is 0.146. The fraction of sp³-hybridized carbons (Fsp3) is 1.00.